The van der Waals surface area contributed by atoms with Crippen molar-refractivity contribution in [2.24, 2.45) is 21.6 Å². The van der Waals surface area contributed by atoms with Crippen LogP contribution >= 0.6 is 11.3 Å². The van der Waals surface area contributed by atoms with Crippen molar-refractivity contribution in [2.45, 2.75) is 68.5 Å². The molecule has 1 aromatic heterocycles. The van der Waals surface area contributed by atoms with Crippen molar-refractivity contribution in [3.05, 3.63) is 16.1 Å². The zero-order chi connectivity index (χ0) is 21.7. The summed E-state index contributed by atoms with van der Waals surface area (Å²) in [4.78, 5) is 12.1. The predicted octanol–water partition coefficient (Wildman–Crippen LogP) is 3.72. The molecule has 30 heavy (non-hydrogen) atoms. The molecule has 13 heteroatoms. The van der Waals surface area contributed by atoms with Crippen LogP contribution in [0.5, 0.6) is 0 Å². The van der Waals surface area contributed by atoms with Crippen LogP contribution in [-0.2, 0) is 5.66 Å². The van der Waals surface area contributed by atoms with Crippen molar-refractivity contribution in [1.82, 2.24) is 15.6 Å². The molecular weight excluding hydrogens is 434 g/mol. The number of nitrogens with one attached hydrogen (secondary N) is 2. The van der Waals surface area contributed by atoms with E-state index in [0.717, 1.165) is 16.7 Å². The maximum atomic E-state index is 14.0. The molecule has 6 nitrogen and oxygen atoms in total. The molecule has 0 aromatic carbocycles. The summed E-state index contributed by atoms with van der Waals surface area (Å²) in [5.74, 6) is -6.83. The number of rotatable bonds is 4. The zero-order valence-corrected chi connectivity index (χ0v) is 16.5. The van der Waals surface area contributed by atoms with Gasteiger partial charge in [0.1, 0.15) is 10.7 Å². The number of guanidine groups is 2. The molecule has 2 saturated carbocycles. The minimum absolute atomic E-state index is 0.00536. The lowest BCUT2D eigenvalue weighted by Crippen LogP contribution is -2.58. The van der Waals surface area contributed by atoms with E-state index in [9.17, 15) is 26.3 Å². The van der Waals surface area contributed by atoms with Gasteiger partial charge in [-0.3, -0.25) is 0 Å². The van der Waals surface area contributed by atoms with Crippen molar-refractivity contribution < 1.29 is 26.3 Å². The van der Waals surface area contributed by atoms with Gasteiger partial charge in [0, 0.05) is 43.0 Å². The Balaban J connectivity index is 1.66. The third-order valence-electron chi connectivity index (χ3n) is 5.64. The third kappa shape index (κ3) is 4.08. The quantitative estimate of drug-likeness (QED) is 0.606. The molecule has 0 radical (unpaired) electrons. The van der Waals surface area contributed by atoms with Crippen molar-refractivity contribution in [3.8, 4) is 0 Å². The molecule has 4 N–H and O–H groups in total. The SMILES string of the molecule is NC1=NC(c2nc(C(F)F)cs2)(C2CCC(F)(F)C2)NC(NC2CCC(F)(F)C2)=N1. The van der Waals surface area contributed by atoms with Crippen LogP contribution in [0.3, 0.4) is 0 Å². The Morgan fingerprint density at radius 1 is 1.13 bits per heavy atom. The number of aliphatic imine (C=N–C) groups is 2. The Morgan fingerprint density at radius 2 is 1.83 bits per heavy atom. The first-order valence-electron chi connectivity index (χ1n) is 9.46. The predicted molar refractivity (Wildman–Crippen MR) is 99.0 cm³/mol. The van der Waals surface area contributed by atoms with E-state index in [1.165, 1.54) is 0 Å². The van der Waals surface area contributed by atoms with Gasteiger partial charge in [0.2, 0.25) is 23.8 Å². The van der Waals surface area contributed by atoms with E-state index in [1.807, 2.05) is 0 Å². The molecular formula is C17H20F6N6S. The van der Waals surface area contributed by atoms with Gasteiger partial charge in [-0.1, -0.05) is 0 Å². The summed E-state index contributed by atoms with van der Waals surface area (Å²) < 4.78 is 81.3. The van der Waals surface area contributed by atoms with Crippen LogP contribution < -0.4 is 16.4 Å². The van der Waals surface area contributed by atoms with E-state index >= 15 is 0 Å². The Labute approximate surface area is 172 Å². The van der Waals surface area contributed by atoms with Gasteiger partial charge >= 0.3 is 0 Å². The lowest BCUT2D eigenvalue weighted by molar-refractivity contribution is -0.000296. The number of halogens is 6. The highest BCUT2D eigenvalue weighted by Crippen LogP contribution is 2.49. The number of aromatic nitrogens is 1. The Kier molecular flexibility index (Phi) is 5.14. The summed E-state index contributed by atoms with van der Waals surface area (Å²) in [5, 5.41) is 6.93. The first-order chi connectivity index (χ1) is 14.0. The van der Waals surface area contributed by atoms with Gasteiger partial charge in [-0.15, -0.1) is 11.3 Å². The van der Waals surface area contributed by atoms with E-state index in [-0.39, 0.29) is 36.2 Å². The molecule has 3 unspecified atom stereocenters. The van der Waals surface area contributed by atoms with Crippen LogP contribution in [0.1, 0.15) is 55.7 Å². The maximum absolute atomic E-state index is 14.0. The molecule has 2 aliphatic carbocycles. The van der Waals surface area contributed by atoms with Gasteiger partial charge in [-0.2, -0.15) is 4.99 Å². The van der Waals surface area contributed by atoms with Gasteiger partial charge in [-0.25, -0.2) is 36.3 Å². The number of nitrogens with zero attached hydrogens (tertiary/aromatic N) is 3. The fraction of sp³-hybridized carbons (Fsp3) is 0.706. The molecule has 1 aliphatic heterocycles. The number of hydrogen-bond acceptors (Lipinski definition) is 7. The highest BCUT2D eigenvalue weighted by atomic mass is 32.1. The second kappa shape index (κ2) is 7.27. The first kappa shape index (κ1) is 21.2. The summed E-state index contributed by atoms with van der Waals surface area (Å²) in [6.45, 7) is 0. The van der Waals surface area contributed by atoms with Crippen molar-refractivity contribution >= 4 is 23.3 Å². The average molecular weight is 454 g/mol. The van der Waals surface area contributed by atoms with E-state index in [4.69, 9.17) is 5.73 Å². The van der Waals surface area contributed by atoms with Crippen LogP contribution in [0.4, 0.5) is 26.3 Å². The molecule has 4 rings (SSSR count). The smallest absolute Gasteiger partial charge is 0.281 e. The number of thiazole rings is 1. The van der Waals surface area contributed by atoms with Gasteiger partial charge in [-0.05, 0) is 12.8 Å². The minimum atomic E-state index is -2.94. The van der Waals surface area contributed by atoms with E-state index in [1.54, 1.807) is 0 Å². The Hall–Kier alpha value is -2.05. The Morgan fingerprint density at radius 3 is 2.40 bits per heavy atom. The van der Waals surface area contributed by atoms with Gasteiger partial charge < -0.3 is 16.4 Å². The second-order valence-corrected chi connectivity index (χ2v) is 8.79. The monoisotopic (exact) mass is 454 g/mol. The molecule has 0 bridgehead atoms. The number of nitrogens with two attached hydrogens (primary N) is 1. The molecule has 2 fully saturated rings. The van der Waals surface area contributed by atoms with E-state index < -0.39 is 60.8 Å². The zero-order valence-electron chi connectivity index (χ0n) is 15.6. The fourth-order valence-electron chi connectivity index (χ4n) is 4.23. The molecule has 0 amide bonds. The summed E-state index contributed by atoms with van der Waals surface area (Å²) in [7, 11) is 0. The van der Waals surface area contributed by atoms with Crippen molar-refractivity contribution in [1.29, 1.82) is 0 Å². The molecule has 2 heterocycles. The highest BCUT2D eigenvalue weighted by molar-refractivity contribution is 7.09. The van der Waals surface area contributed by atoms with Crippen LogP contribution in [0, 0.1) is 5.92 Å². The lowest BCUT2D eigenvalue weighted by Gasteiger charge is -2.38. The second-order valence-electron chi connectivity index (χ2n) is 7.94. The largest absolute Gasteiger partial charge is 0.368 e. The van der Waals surface area contributed by atoms with Gasteiger partial charge in [0.15, 0.2) is 5.66 Å². The third-order valence-corrected chi connectivity index (χ3v) is 6.62. The fourth-order valence-corrected chi connectivity index (χ4v) is 5.22. The molecule has 3 aliphatic rings. The van der Waals surface area contributed by atoms with Crippen molar-refractivity contribution in [2.75, 3.05) is 0 Å². The lowest BCUT2D eigenvalue weighted by atomic mass is 9.90. The first-order valence-corrected chi connectivity index (χ1v) is 10.3. The summed E-state index contributed by atoms with van der Waals surface area (Å²) in [5.41, 5.74) is 3.71. The average Bonchev–Trinajstić information content (AvgIpc) is 3.33. The number of alkyl halides is 6. The van der Waals surface area contributed by atoms with E-state index in [2.05, 4.69) is 25.6 Å². The van der Waals surface area contributed by atoms with Gasteiger partial charge in [0.25, 0.3) is 6.43 Å². The molecule has 1 aromatic rings. The summed E-state index contributed by atoms with van der Waals surface area (Å²) in [6.07, 6.45) is -4.24. The standard InChI is InChI=1S/C17H20F6N6S/c18-11(19)10-7-30-12(26-10)17(8-1-3-15(20,21)5-8)28-13(24)27-14(29-17)25-9-2-4-16(22,23)6-9/h7-9,11H,1-6H2,(H4,24,25,27,28,29). The topological polar surface area (TPSA) is 87.7 Å². The summed E-state index contributed by atoms with van der Waals surface area (Å²) in [6, 6.07) is -0.604. The number of hydrogen-bond donors (Lipinski definition) is 3. The normalized spacial score (nSPS) is 32.6. The molecule has 166 valence electrons. The molecule has 0 spiro atoms. The maximum Gasteiger partial charge on any atom is 0.281 e. The molecule has 3 atom stereocenters. The van der Waals surface area contributed by atoms with Crippen molar-refractivity contribution in [3.63, 3.8) is 0 Å². The van der Waals surface area contributed by atoms with Crippen LogP contribution in [0.25, 0.3) is 0 Å². The minimum Gasteiger partial charge on any atom is -0.368 e. The summed E-state index contributed by atoms with van der Waals surface area (Å²) >= 11 is 0.853. The van der Waals surface area contributed by atoms with E-state index in [0.29, 0.717) is 0 Å². The van der Waals surface area contributed by atoms with Crippen LogP contribution in [0.15, 0.2) is 15.4 Å². The highest BCUT2D eigenvalue weighted by Gasteiger charge is 2.54. The molecule has 0 saturated heterocycles. The Bertz CT molecular complexity index is 871. The van der Waals surface area contributed by atoms with Gasteiger partial charge in [0.05, 0.1) is 0 Å². The van der Waals surface area contributed by atoms with Crippen LogP contribution in [-0.4, -0.2) is 34.8 Å². The van der Waals surface area contributed by atoms with Crippen LogP contribution in [0.2, 0.25) is 0 Å².